The lowest BCUT2D eigenvalue weighted by atomic mass is 9.98. The zero-order valence-electron chi connectivity index (χ0n) is 16.2. The zero-order chi connectivity index (χ0) is 20.3. The molecule has 3 aromatic rings. The first-order valence-electron chi connectivity index (χ1n) is 9.15. The summed E-state index contributed by atoms with van der Waals surface area (Å²) >= 11 is 0. The van der Waals surface area contributed by atoms with Gasteiger partial charge >= 0.3 is 6.03 Å². The molecule has 7 heteroatoms. The lowest BCUT2D eigenvalue weighted by Crippen LogP contribution is -2.35. The van der Waals surface area contributed by atoms with E-state index >= 15 is 0 Å². The van der Waals surface area contributed by atoms with Gasteiger partial charge < -0.3 is 20.8 Å². The third-order valence-electron chi connectivity index (χ3n) is 4.45. The molecule has 1 heterocycles. The van der Waals surface area contributed by atoms with Crippen LogP contribution in [0.2, 0.25) is 0 Å². The van der Waals surface area contributed by atoms with Crippen LogP contribution in [0.5, 0.6) is 0 Å². The van der Waals surface area contributed by atoms with Gasteiger partial charge in [0.15, 0.2) is 11.5 Å². The molecule has 0 saturated heterocycles. The third-order valence-corrected chi connectivity index (χ3v) is 4.45. The molecule has 4 N–H and O–H groups in total. The first-order chi connectivity index (χ1) is 13.3. The predicted molar refractivity (Wildman–Crippen MR) is 108 cm³/mol. The molecule has 2 aromatic carbocycles. The number of anilines is 1. The van der Waals surface area contributed by atoms with Crippen molar-refractivity contribution in [3.05, 3.63) is 59.5 Å². The van der Waals surface area contributed by atoms with Crippen LogP contribution in [-0.2, 0) is 4.79 Å². The number of benzene rings is 2. The number of nitrogens with zero attached hydrogens (tertiary/aromatic N) is 1. The molecule has 0 aliphatic carbocycles. The summed E-state index contributed by atoms with van der Waals surface area (Å²) < 4.78 is 5.68. The average Bonchev–Trinajstić information content (AvgIpc) is 3.05. The van der Waals surface area contributed by atoms with Crippen molar-refractivity contribution in [2.45, 2.75) is 39.2 Å². The van der Waals surface area contributed by atoms with E-state index in [4.69, 9.17) is 10.2 Å². The van der Waals surface area contributed by atoms with Crippen LogP contribution < -0.4 is 16.4 Å². The summed E-state index contributed by atoms with van der Waals surface area (Å²) in [6.45, 7) is 5.93. The molecule has 3 rings (SSSR count). The molecule has 0 fully saturated rings. The van der Waals surface area contributed by atoms with Crippen molar-refractivity contribution in [3.63, 3.8) is 0 Å². The molecule has 28 heavy (non-hydrogen) atoms. The van der Waals surface area contributed by atoms with Gasteiger partial charge in [0.25, 0.3) is 0 Å². The molecule has 146 valence electrons. The van der Waals surface area contributed by atoms with E-state index in [9.17, 15) is 9.59 Å². The Morgan fingerprint density at radius 3 is 2.61 bits per heavy atom. The van der Waals surface area contributed by atoms with Gasteiger partial charge in [0.05, 0.1) is 12.5 Å². The number of amides is 3. The summed E-state index contributed by atoms with van der Waals surface area (Å²) in [5.74, 6) is 0.595. The van der Waals surface area contributed by atoms with E-state index in [-0.39, 0.29) is 18.2 Å². The van der Waals surface area contributed by atoms with Gasteiger partial charge in [-0.25, -0.2) is 9.78 Å². The molecular formula is C21H24N4O3. The number of aromatic nitrogens is 1. The molecule has 1 atom stereocenters. The van der Waals surface area contributed by atoms with E-state index in [0.717, 1.165) is 11.1 Å². The van der Waals surface area contributed by atoms with Crippen LogP contribution in [0.25, 0.3) is 11.1 Å². The summed E-state index contributed by atoms with van der Waals surface area (Å²) in [4.78, 5) is 28.4. The molecule has 3 amide bonds. The van der Waals surface area contributed by atoms with Crippen molar-refractivity contribution in [1.82, 2.24) is 10.3 Å². The topological polar surface area (TPSA) is 110 Å². The quantitative estimate of drug-likeness (QED) is 0.600. The highest BCUT2D eigenvalue weighted by Crippen LogP contribution is 2.25. The van der Waals surface area contributed by atoms with Gasteiger partial charge in [-0.05, 0) is 36.2 Å². The third kappa shape index (κ3) is 4.49. The minimum absolute atomic E-state index is 0.0574. The lowest BCUT2D eigenvalue weighted by Gasteiger charge is -2.19. The zero-order valence-corrected chi connectivity index (χ0v) is 16.2. The normalized spacial score (nSPS) is 12.1. The summed E-state index contributed by atoms with van der Waals surface area (Å²) in [5, 5.41) is 5.50. The standard InChI is InChI=1S/C21H24N4O3/c1-12(2)20-24-17-10-14(8-9-18(17)28-20)23-19(26)11-16(25-21(22)27)15-7-5-4-6-13(15)3/h4-10,12,16H,11H2,1-3H3,(H,23,26)(H3,22,25,27). The number of carbonyl (C=O) groups excluding carboxylic acids is 2. The van der Waals surface area contributed by atoms with Gasteiger partial charge in [0.1, 0.15) is 5.52 Å². The Hall–Kier alpha value is -3.35. The highest BCUT2D eigenvalue weighted by molar-refractivity contribution is 5.93. The molecule has 0 saturated carbocycles. The van der Waals surface area contributed by atoms with Crippen molar-refractivity contribution >= 4 is 28.7 Å². The Morgan fingerprint density at radius 1 is 1.18 bits per heavy atom. The van der Waals surface area contributed by atoms with E-state index in [1.165, 1.54) is 0 Å². The van der Waals surface area contributed by atoms with Crippen LogP contribution in [0.4, 0.5) is 10.5 Å². The summed E-state index contributed by atoms with van der Waals surface area (Å²) in [6.07, 6.45) is 0.0574. The van der Waals surface area contributed by atoms with E-state index < -0.39 is 12.1 Å². The smallest absolute Gasteiger partial charge is 0.312 e. The van der Waals surface area contributed by atoms with E-state index in [1.54, 1.807) is 18.2 Å². The molecular weight excluding hydrogens is 356 g/mol. The number of hydrogen-bond acceptors (Lipinski definition) is 4. The first-order valence-corrected chi connectivity index (χ1v) is 9.15. The fourth-order valence-electron chi connectivity index (χ4n) is 3.06. The van der Waals surface area contributed by atoms with Gasteiger partial charge in [-0.3, -0.25) is 4.79 Å². The minimum atomic E-state index is -0.675. The number of fused-ring (bicyclic) bond motifs is 1. The Bertz CT molecular complexity index is 1010. The number of aryl methyl sites for hydroxylation is 1. The van der Waals surface area contributed by atoms with Crippen molar-refractivity contribution < 1.29 is 14.0 Å². The Labute approximate surface area is 163 Å². The molecule has 0 aliphatic rings. The summed E-state index contributed by atoms with van der Waals surface area (Å²) in [5.41, 5.74) is 9.10. The van der Waals surface area contributed by atoms with Crippen molar-refractivity contribution in [2.75, 3.05) is 5.32 Å². The second-order valence-electron chi connectivity index (χ2n) is 7.06. The van der Waals surface area contributed by atoms with Crippen LogP contribution in [-0.4, -0.2) is 16.9 Å². The van der Waals surface area contributed by atoms with Gasteiger partial charge in [-0.1, -0.05) is 38.1 Å². The number of nitrogens with one attached hydrogen (secondary N) is 2. The monoisotopic (exact) mass is 380 g/mol. The molecule has 0 radical (unpaired) electrons. The fourth-order valence-corrected chi connectivity index (χ4v) is 3.06. The number of rotatable bonds is 6. The number of hydrogen-bond donors (Lipinski definition) is 3. The highest BCUT2D eigenvalue weighted by atomic mass is 16.3. The molecule has 1 unspecified atom stereocenters. The van der Waals surface area contributed by atoms with E-state index in [0.29, 0.717) is 22.7 Å². The Balaban J connectivity index is 1.76. The van der Waals surface area contributed by atoms with Crippen LogP contribution >= 0.6 is 0 Å². The van der Waals surface area contributed by atoms with Gasteiger partial charge in [-0.2, -0.15) is 0 Å². The number of nitrogens with two attached hydrogens (primary N) is 1. The minimum Gasteiger partial charge on any atom is -0.440 e. The van der Waals surface area contributed by atoms with Gasteiger partial charge in [0, 0.05) is 11.6 Å². The number of primary amides is 1. The highest BCUT2D eigenvalue weighted by Gasteiger charge is 2.19. The first kappa shape index (κ1) is 19.4. The Kier molecular flexibility index (Phi) is 5.63. The van der Waals surface area contributed by atoms with Crippen molar-refractivity contribution in [1.29, 1.82) is 0 Å². The maximum atomic E-state index is 12.6. The second kappa shape index (κ2) is 8.12. The van der Waals surface area contributed by atoms with Crippen LogP contribution in [0, 0.1) is 6.92 Å². The van der Waals surface area contributed by atoms with E-state index in [1.807, 2.05) is 45.0 Å². The molecule has 0 spiro atoms. The van der Waals surface area contributed by atoms with Crippen LogP contribution in [0.15, 0.2) is 46.9 Å². The van der Waals surface area contributed by atoms with Crippen molar-refractivity contribution in [3.8, 4) is 0 Å². The molecule has 1 aromatic heterocycles. The number of carbonyl (C=O) groups is 2. The Morgan fingerprint density at radius 2 is 1.93 bits per heavy atom. The molecule has 7 nitrogen and oxygen atoms in total. The van der Waals surface area contributed by atoms with Gasteiger partial charge in [0.2, 0.25) is 5.91 Å². The van der Waals surface area contributed by atoms with Crippen LogP contribution in [0.1, 0.15) is 49.2 Å². The molecule has 0 bridgehead atoms. The second-order valence-corrected chi connectivity index (χ2v) is 7.06. The van der Waals surface area contributed by atoms with Crippen molar-refractivity contribution in [2.24, 2.45) is 5.73 Å². The fraction of sp³-hybridized carbons (Fsp3) is 0.286. The average molecular weight is 380 g/mol. The number of oxazole rings is 1. The summed E-state index contributed by atoms with van der Waals surface area (Å²) in [6, 6.07) is 11.7. The van der Waals surface area contributed by atoms with E-state index in [2.05, 4.69) is 15.6 Å². The largest absolute Gasteiger partial charge is 0.440 e. The lowest BCUT2D eigenvalue weighted by molar-refractivity contribution is -0.116. The van der Waals surface area contributed by atoms with Crippen LogP contribution in [0.3, 0.4) is 0 Å². The number of urea groups is 1. The molecule has 0 aliphatic heterocycles. The van der Waals surface area contributed by atoms with Gasteiger partial charge in [-0.15, -0.1) is 0 Å². The summed E-state index contributed by atoms with van der Waals surface area (Å²) in [7, 11) is 0. The maximum absolute atomic E-state index is 12.6. The SMILES string of the molecule is Cc1ccccc1C(CC(=O)Nc1ccc2oc(C(C)C)nc2c1)NC(N)=O. The maximum Gasteiger partial charge on any atom is 0.312 e. The predicted octanol–water partition coefficient (Wildman–Crippen LogP) is 4.00.